The minimum atomic E-state index is 0. The third-order valence-corrected chi connectivity index (χ3v) is 3.08. The van der Waals surface area contributed by atoms with Gasteiger partial charge in [0.15, 0.2) is 0 Å². The maximum absolute atomic E-state index is 2.23. The van der Waals surface area contributed by atoms with Gasteiger partial charge in [-0.05, 0) is 0 Å². The van der Waals surface area contributed by atoms with Crippen LogP contribution in [0.25, 0.3) is 0 Å². The molecular formula is C8H18PdSn2. The molecular weight excluding hydrogens is 440 g/mol. The Labute approximate surface area is 112 Å². The van der Waals surface area contributed by atoms with E-state index in [-0.39, 0.29) is 20.4 Å². The number of unbranched alkanes of at least 4 members (excludes halogenated alkanes) is 2. The van der Waals surface area contributed by atoms with E-state index in [0.717, 1.165) is 0 Å². The van der Waals surface area contributed by atoms with Gasteiger partial charge in [0.1, 0.15) is 0 Å². The van der Waals surface area contributed by atoms with Crippen molar-refractivity contribution in [1.29, 1.82) is 0 Å². The second-order valence-corrected chi connectivity index (χ2v) is 5.06. The fourth-order valence-corrected chi connectivity index (χ4v) is 2.37. The zero-order valence-corrected chi connectivity index (χ0v) is 14.8. The third kappa shape index (κ3) is 32.9. The molecule has 0 aromatic carbocycles. The summed E-state index contributed by atoms with van der Waals surface area (Å²) in [5, 5.41) is 0. The van der Waals surface area contributed by atoms with Crippen molar-refractivity contribution in [3.05, 3.63) is 0 Å². The van der Waals surface area contributed by atoms with Crippen molar-refractivity contribution in [1.82, 2.24) is 0 Å². The van der Waals surface area contributed by atoms with Crippen molar-refractivity contribution >= 4 is 45.0 Å². The second-order valence-electron chi connectivity index (χ2n) is 2.21. The SMILES string of the molecule is CCC[CH2][Sn].CCC[CH2][Sn].[Pd]. The van der Waals surface area contributed by atoms with Gasteiger partial charge in [-0.15, -0.1) is 0 Å². The van der Waals surface area contributed by atoms with Crippen LogP contribution in [-0.4, -0.2) is 45.0 Å². The molecule has 0 amide bonds. The Morgan fingerprint density at radius 1 is 0.818 bits per heavy atom. The van der Waals surface area contributed by atoms with Crippen molar-refractivity contribution in [3.63, 3.8) is 0 Å². The fraction of sp³-hybridized carbons (Fsp3) is 1.00. The predicted molar refractivity (Wildman–Crippen MR) is 50.9 cm³/mol. The summed E-state index contributed by atoms with van der Waals surface area (Å²) in [7, 11) is 0. The van der Waals surface area contributed by atoms with Crippen LogP contribution in [0.1, 0.15) is 39.5 Å². The van der Waals surface area contributed by atoms with Gasteiger partial charge in [-0.2, -0.15) is 0 Å². The average molecular weight is 458 g/mol. The molecule has 0 atom stereocenters. The standard InChI is InChI=1S/2C4H9.Pd.2Sn/c2*1-3-4-2;;;/h2*1,3-4H2,2H3;;;. The monoisotopic (exact) mass is 460 g/mol. The van der Waals surface area contributed by atoms with E-state index in [1.54, 1.807) is 45.0 Å². The van der Waals surface area contributed by atoms with E-state index >= 15 is 0 Å². The van der Waals surface area contributed by atoms with Gasteiger partial charge in [-0.25, -0.2) is 0 Å². The topological polar surface area (TPSA) is 0 Å². The Morgan fingerprint density at radius 3 is 1.09 bits per heavy atom. The summed E-state index contributed by atoms with van der Waals surface area (Å²) >= 11 is 3.37. The quantitative estimate of drug-likeness (QED) is 0.569. The maximum atomic E-state index is 2.23. The summed E-state index contributed by atoms with van der Waals surface area (Å²) in [6, 6.07) is 0. The van der Waals surface area contributed by atoms with Crippen molar-refractivity contribution in [2.75, 3.05) is 0 Å². The predicted octanol–water partition coefficient (Wildman–Crippen LogP) is 2.74. The Balaban J connectivity index is -0.000000107. The van der Waals surface area contributed by atoms with Gasteiger partial charge >= 0.3 is 93.5 Å². The van der Waals surface area contributed by atoms with Crippen LogP contribution in [0, 0.1) is 0 Å². The molecule has 0 heterocycles. The van der Waals surface area contributed by atoms with Crippen molar-refractivity contribution < 1.29 is 20.4 Å². The Kier molecular flexibility index (Phi) is 39.2. The molecule has 0 aromatic heterocycles. The number of hydrogen-bond acceptors (Lipinski definition) is 0. The molecule has 0 N–H and O–H groups in total. The van der Waals surface area contributed by atoms with E-state index in [1.807, 2.05) is 0 Å². The molecule has 68 valence electrons. The minimum Gasteiger partial charge on any atom is 0 e. The molecule has 0 saturated carbocycles. The summed E-state index contributed by atoms with van der Waals surface area (Å²) in [5.74, 6) is 0. The molecule has 0 aliphatic carbocycles. The van der Waals surface area contributed by atoms with Crippen LogP contribution in [0.3, 0.4) is 0 Å². The molecule has 0 nitrogen and oxygen atoms in total. The molecule has 0 rings (SSSR count). The first-order chi connectivity index (χ1) is 4.83. The number of hydrogen-bond donors (Lipinski definition) is 0. The van der Waals surface area contributed by atoms with Gasteiger partial charge in [0.25, 0.3) is 0 Å². The van der Waals surface area contributed by atoms with Crippen LogP contribution in [0.15, 0.2) is 0 Å². The van der Waals surface area contributed by atoms with Gasteiger partial charge in [-0.3, -0.25) is 0 Å². The van der Waals surface area contributed by atoms with Crippen LogP contribution in [0.5, 0.6) is 0 Å². The van der Waals surface area contributed by atoms with E-state index in [2.05, 4.69) is 13.8 Å². The Morgan fingerprint density at radius 2 is 1.09 bits per heavy atom. The molecule has 0 aliphatic heterocycles. The molecule has 0 bridgehead atoms. The molecule has 0 aliphatic rings. The smallest absolute Gasteiger partial charge is 0 e. The molecule has 3 heteroatoms. The van der Waals surface area contributed by atoms with Crippen LogP contribution < -0.4 is 0 Å². The first kappa shape index (κ1) is 18.9. The van der Waals surface area contributed by atoms with Crippen LogP contribution >= 0.6 is 0 Å². The van der Waals surface area contributed by atoms with Gasteiger partial charge in [0.2, 0.25) is 0 Å². The third-order valence-electron chi connectivity index (χ3n) is 1.06. The fourth-order valence-electron chi connectivity index (χ4n) is 0.354. The van der Waals surface area contributed by atoms with Gasteiger partial charge in [0.05, 0.1) is 0 Å². The van der Waals surface area contributed by atoms with Crippen molar-refractivity contribution in [2.45, 2.75) is 48.4 Å². The normalized spacial score (nSPS) is 7.64. The van der Waals surface area contributed by atoms with Crippen molar-refractivity contribution in [2.24, 2.45) is 0 Å². The Hall–Kier alpha value is 2.26. The van der Waals surface area contributed by atoms with Crippen LogP contribution in [0.2, 0.25) is 8.87 Å². The summed E-state index contributed by atoms with van der Waals surface area (Å²) in [5.41, 5.74) is 0. The van der Waals surface area contributed by atoms with Crippen molar-refractivity contribution in [3.8, 4) is 0 Å². The number of rotatable bonds is 4. The zero-order chi connectivity index (χ0) is 8.24. The molecule has 0 aromatic rings. The Bertz CT molecular complexity index is 33.1. The zero-order valence-electron chi connectivity index (χ0n) is 7.56. The summed E-state index contributed by atoms with van der Waals surface area (Å²) in [6.07, 6.45) is 5.59. The molecule has 0 spiro atoms. The van der Waals surface area contributed by atoms with Crippen LogP contribution in [0.4, 0.5) is 0 Å². The van der Waals surface area contributed by atoms with Crippen LogP contribution in [-0.2, 0) is 20.4 Å². The van der Waals surface area contributed by atoms with Gasteiger partial charge in [0, 0.05) is 20.4 Å². The molecule has 0 unspecified atom stereocenters. The first-order valence-electron chi connectivity index (χ1n) is 4.12. The largest absolute Gasteiger partial charge is 0 e. The summed E-state index contributed by atoms with van der Waals surface area (Å²) in [6.45, 7) is 4.45. The van der Waals surface area contributed by atoms with Gasteiger partial charge < -0.3 is 0 Å². The van der Waals surface area contributed by atoms with E-state index < -0.39 is 0 Å². The van der Waals surface area contributed by atoms with E-state index in [9.17, 15) is 0 Å². The van der Waals surface area contributed by atoms with E-state index in [4.69, 9.17) is 0 Å². The first-order valence-corrected chi connectivity index (χ1v) is 8.16. The summed E-state index contributed by atoms with van der Waals surface area (Å²) in [4.78, 5) is 0. The van der Waals surface area contributed by atoms with Gasteiger partial charge in [-0.1, -0.05) is 0 Å². The molecule has 0 fully saturated rings. The molecule has 11 heavy (non-hydrogen) atoms. The maximum Gasteiger partial charge on any atom is 0 e. The minimum absolute atomic E-state index is 0. The molecule has 6 radical (unpaired) electrons. The average Bonchev–Trinajstić information content (AvgIpc) is 1.93. The molecule has 0 saturated heterocycles. The van der Waals surface area contributed by atoms with E-state index in [0.29, 0.717) is 0 Å². The summed E-state index contributed by atoms with van der Waals surface area (Å²) < 4.78 is 2.87. The second kappa shape index (κ2) is 22.8. The van der Waals surface area contributed by atoms with E-state index in [1.165, 1.54) is 34.6 Å².